The van der Waals surface area contributed by atoms with Crippen LogP contribution in [0.3, 0.4) is 0 Å². The topological polar surface area (TPSA) is 107 Å². The van der Waals surface area contributed by atoms with Crippen LogP contribution >= 0.6 is 0 Å². The van der Waals surface area contributed by atoms with E-state index in [4.69, 9.17) is 9.47 Å². The van der Waals surface area contributed by atoms with Crippen molar-refractivity contribution >= 4 is 26.7 Å². The van der Waals surface area contributed by atoms with E-state index in [9.17, 15) is 8.42 Å². The molecule has 1 aromatic heterocycles. The normalized spacial score (nSPS) is 14.9. The second-order valence-electron chi connectivity index (χ2n) is 6.44. The summed E-state index contributed by atoms with van der Waals surface area (Å²) in [6.45, 7) is 2.37. The van der Waals surface area contributed by atoms with Gasteiger partial charge >= 0.3 is 6.01 Å². The van der Waals surface area contributed by atoms with Gasteiger partial charge in [0.15, 0.2) is 5.82 Å². The Kier molecular flexibility index (Phi) is 5.56. The number of anilines is 1. The summed E-state index contributed by atoms with van der Waals surface area (Å²) in [4.78, 5) is 15.0. The maximum Gasteiger partial charge on any atom is 0.321 e. The number of sulfonamides is 1. The number of hydrogen-bond donors (Lipinski definition) is 1. The number of benzene rings is 2. The average molecular weight is 415 g/mol. The second-order valence-corrected chi connectivity index (χ2v) is 8.17. The van der Waals surface area contributed by atoms with E-state index < -0.39 is 10.0 Å². The van der Waals surface area contributed by atoms with Crippen molar-refractivity contribution < 1.29 is 17.9 Å². The zero-order valence-electron chi connectivity index (χ0n) is 15.9. The number of methoxy groups -OCH3 is 1. The minimum Gasteiger partial charge on any atom is -0.467 e. The van der Waals surface area contributed by atoms with E-state index in [1.807, 2.05) is 29.2 Å². The average Bonchev–Trinajstić information content (AvgIpc) is 2.77. The molecule has 3 aromatic rings. The van der Waals surface area contributed by atoms with Crippen molar-refractivity contribution in [3.8, 4) is 6.01 Å². The van der Waals surface area contributed by atoms with E-state index in [-0.39, 0.29) is 23.3 Å². The van der Waals surface area contributed by atoms with Crippen LogP contribution in [0.15, 0.2) is 47.4 Å². The Labute approximate surface area is 168 Å². The van der Waals surface area contributed by atoms with Gasteiger partial charge in [-0.3, -0.25) is 0 Å². The summed E-state index contributed by atoms with van der Waals surface area (Å²) in [5, 5.41) is 1.51. The molecule has 1 N–H and O–H groups in total. The molecule has 152 valence electrons. The van der Waals surface area contributed by atoms with Gasteiger partial charge in [0.25, 0.3) is 0 Å². The Bertz CT molecular complexity index is 1110. The van der Waals surface area contributed by atoms with Gasteiger partial charge in [0.05, 0.1) is 31.8 Å². The molecular weight excluding hydrogens is 394 g/mol. The van der Waals surface area contributed by atoms with Crippen LogP contribution in [0.4, 0.5) is 5.95 Å². The molecule has 4 rings (SSSR count). The summed E-state index contributed by atoms with van der Waals surface area (Å²) in [7, 11) is -2.31. The summed E-state index contributed by atoms with van der Waals surface area (Å²) in [5.74, 6) is 0.724. The molecule has 29 heavy (non-hydrogen) atoms. The zero-order valence-corrected chi connectivity index (χ0v) is 16.7. The molecular formula is C19H21N5O4S. The van der Waals surface area contributed by atoms with Crippen LogP contribution in [0.1, 0.15) is 5.82 Å². The Morgan fingerprint density at radius 1 is 1.07 bits per heavy atom. The standard InChI is InChI=1S/C19H21N5O4S/c1-27-19-22-17(21-18(23-19)24-9-11-28-12-10-24)13-20-29(25,26)16-8-4-6-14-5-2-3-7-15(14)16/h2-8,20H,9-13H2,1H3. The number of rotatable bonds is 6. The number of ether oxygens (including phenoxy) is 2. The summed E-state index contributed by atoms with van der Waals surface area (Å²) in [5.41, 5.74) is 0. The smallest absolute Gasteiger partial charge is 0.321 e. The van der Waals surface area contributed by atoms with Crippen LogP contribution in [-0.2, 0) is 21.3 Å². The van der Waals surface area contributed by atoms with E-state index in [2.05, 4.69) is 19.7 Å². The van der Waals surface area contributed by atoms with E-state index in [1.165, 1.54) is 7.11 Å². The lowest BCUT2D eigenvalue weighted by atomic mass is 10.1. The van der Waals surface area contributed by atoms with Gasteiger partial charge in [-0.15, -0.1) is 0 Å². The minimum absolute atomic E-state index is 0.0816. The molecule has 0 amide bonds. The molecule has 0 atom stereocenters. The third kappa shape index (κ3) is 4.29. The summed E-state index contributed by atoms with van der Waals surface area (Å²) >= 11 is 0. The highest BCUT2D eigenvalue weighted by atomic mass is 32.2. The van der Waals surface area contributed by atoms with Crippen molar-refractivity contribution in [2.45, 2.75) is 11.4 Å². The van der Waals surface area contributed by atoms with Gasteiger partial charge in [0.1, 0.15) is 0 Å². The number of hydrogen-bond acceptors (Lipinski definition) is 8. The lowest BCUT2D eigenvalue weighted by Crippen LogP contribution is -2.37. The fraction of sp³-hybridized carbons (Fsp3) is 0.316. The Hall–Kier alpha value is -2.82. The molecule has 10 heteroatoms. The van der Waals surface area contributed by atoms with Crippen LogP contribution in [0, 0.1) is 0 Å². The highest BCUT2D eigenvalue weighted by Crippen LogP contribution is 2.23. The fourth-order valence-electron chi connectivity index (χ4n) is 3.13. The first-order valence-electron chi connectivity index (χ1n) is 9.16. The minimum atomic E-state index is -3.77. The second kappa shape index (κ2) is 8.27. The molecule has 0 unspecified atom stereocenters. The first-order valence-corrected chi connectivity index (χ1v) is 10.6. The molecule has 1 aliphatic rings. The SMILES string of the molecule is COc1nc(CNS(=O)(=O)c2cccc3ccccc23)nc(N2CCOCC2)n1. The van der Waals surface area contributed by atoms with Crippen LogP contribution in [0.5, 0.6) is 6.01 Å². The van der Waals surface area contributed by atoms with Crippen molar-refractivity contribution in [1.82, 2.24) is 19.7 Å². The molecule has 9 nitrogen and oxygen atoms in total. The van der Waals surface area contributed by atoms with E-state index in [1.54, 1.807) is 18.2 Å². The van der Waals surface area contributed by atoms with Crippen LogP contribution in [0.2, 0.25) is 0 Å². The molecule has 0 spiro atoms. The largest absolute Gasteiger partial charge is 0.467 e. The molecule has 0 radical (unpaired) electrons. The monoisotopic (exact) mass is 415 g/mol. The van der Waals surface area contributed by atoms with Crippen molar-refractivity contribution in [1.29, 1.82) is 0 Å². The number of morpholine rings is 1. The van der Waals surface area contributed by atoms with Crippen molar-refractivity contribution in [2.75, 3.05) is 38.3 Å². The van der Waals surface area contributed by atoms with E-state index in [0.717, 1.165) is 5.39 Å². The Balaban J connectivity index is 1.59. The van der Waals surface area contributed by atoms with Crippen molar-refractivity contribution in [3.05, 3.63) is 48.3 Å². The van der Waals surface area contributed by atoms with Crippen LogP contribution in [0.25, 0.3) is 10.8 Å². The number of nitrogens with zero attached hydrogens (tertiary/aromatic N) is 4. The highest BCUT2D eigenvalue weighted by molar-refractivity contribution is 7.89. The number of fused-ring (bicyclic) bond motifs is 1. The molecule has 1 saturated heterocycles. The fourth-order valence-corrected chi connectivity index (χ4v) is 4.34. The van der Waals surface area contributed by atoms with Gasteiger partial charge in [-0.2, -0.15) is 15.0 Å². The summed E-state index contributed by atoms with van der Waals surface area (Å²) in [6.07, 6.45) is 0. The first kappa shape index (κ1) is 19.5. The van der Waals surface area contributed by atoms with Gasteiger partial charge in [-0.25, -0.2) is 13.1 Å². The number of nitrogens with one attached hydrogen (secondary N) is 1. The molecule has 0 saturated carbocycles. The molecule has 2 heterocycles. The third-order valence-electron chi connectivity index (χ3n) is 4.59. The maximum absolute atomic E-state index is 12.9. The van der Waals surface area contributed by atoms with Gasteiger partial charge < -0.3 is 14.4 Å². The van der Waals surface area contributed by atoms with Gasteiger partial charge in [-0.05, 0) is 11.5 Å². The van der Waals surface area contributed by atoms with Crippen LogP contribution in [-0.4, -0.2) is 56.8 Å². The third-order valence-corrected chi connectivity index (χ3v) is 6.04. The number of aromatic nitrogens is 3. The first-order chi connectivity index (χ1) is 14.1. The molecule has 1 fully saturated rings. The molecule has 0 aliphatic carbocycles. The Morgan fingerprint density at radius 3 is 2.62 bits per heavy atom. The van der Waals surface area contributed by atoms with Gasteiger partial charge in [0, 0.05) is 18.5 Å². The maximum atomic E-state index is 12.9. The van der Waals surface area contributed by atoms with Gasteiger partial charge in [0.2, 0.25) is 16.0 Å². The zero-order chi connectivity index (χ0) is 20.3. The molecule has 0 bridgehead atoms. The van der Waals surface area contributed by atoms with Crippen molar-refractivity contribution in [2.24, 2.45) is 0 Å². The highest BCUT2D eigenvalue weighted by Gasteiger charge is 2.20. The lowest BCUT2D eigenvalue weighted by Gasteiger charge is -2.26. The summed E-state index contributed by atoms with van der Waals surface area (Å²) in [6, 6.07) is 12.7. The lowest BCUT2D eigenvalue weighted by molar-refractivity contribution is 0.122. The van der Waals surface area contributed by atoms with Gasteiger partial charge in [-0.1, -0.05) is 36.4 Å². The Morgan fingerprint density at radius 2 is 1.83 bits per heavy atom. The molecule has 1 aliphatic heterocycles. The quantitative estimate of drug-likeness (QED) is 0.643. The predicted molar refractivity (Wildman–Crippen MR) is 107 cm³/mol. The van der Waals surface area contributed by atoms with E-state index in [0.29, 0.717) is 37.6 Å². The summed E-state index contributed by atoms with van der Waals surface area (Å²) < 4.78 is 38.9. The van der Waals surface area contributed by atoms with E-state index >= 15 is 0 Å². The van der Waals surface area contributed by atoms with Crippen LogP contribution < -0.4 is 14.4 Å². The predicted octanol–water partition coefficient (Wildman–Crippen LogP) is 1.35. The van der Waals surface area contributed by atoms with Crippen molar-refractivity contribution in [3.63, 3.8) is 0 Å². The molecule has 2 aromatic carbocycles.